The van der Waals surface area contributed by atoms with E-state index in [4.69, 9.17) is 4.74 Å². The molecule has 0 aliphatic rings. The van der Waals surface area contributed by atoms with Crippen LogP contribution >= 0.6 is 22.7 Å². The second kappa shape index (κ2) is 8.08. The van der Waals surface area contributed by atoms with E-state index >= 15 is 0 Å². The highest BCUT2D eigenvalue weighted by molar-refractivity contribution is 7.13. The molecule has 0 unspecified atom stereocenters. The Hall–Kier alpha value is -2.18. The number of amides is 1. The Kier molecular flexibility index (Phi) is 5.61. The van der Waals surface area contributed by atoms with Gasteiger partial charge in [-0.1, -0.05) is 6.07 Å². The molecule has 0 spiro atoms. The lowest BCUT2D eigenvalue weighted by Gasteiger charge is -2.03. The summed E-state index contributed by atoms with van der Waals surface area (Å²) in [5.74, 6) is 0.845. The molecule has 24 heavy (non-hydrogen) atoms. The Morgan fingerprint density at radius 3 is 2.75 bits per heavy atom. The third-order valence-electron chi connectivity index (χ3n) is 3.35. The van der Waals surface area contributed by atoms with Crippen molar-refractivity contribution in [3.8, 4) is 16.3 Å². The molecule has 0 atom stereocenters. The van der Waals surface area contributed by atoms with Crippen LogP contribution in [0.15, 0.2) is 47.2 Å². The Morgan fingerprint density at radius 2 is 2.04 bits per heavy atom. The van der Waals surface area contributed by atoms with E-state index in [9.17, 15) is 4.79 Å². The maximum Gasteiger partial charge on any atom is 0.226 e. The van der Waals surface area contributed by atoms with Gasteiger partial charge in [0.1, 0.15) is 10.8 Å². The number of carbonyl (C=O) groups is 1. The largest absolute Gasteiger partial charge is 0.494 e. The average Bonchev–Trinajstić information content (AvgIpc) is 3.26. The molecule has 4 nitrogen and oxygen atoms in total. The number of thiophene rings is 1. The zero-order valence-electron chi connectivity index (χ0n) is 13.3. The molecule has 6 heteroatoms. The van der Waals surface area contributed by atoms with E-state index in [1.54, 1.807) is 22.7 Å². The molecule has 0 radical (unpaired) electrons. The molecule has 124 valence electrons. The molecule has 0 bridgehead atoms. The van der Waals surface area contributed by atoms with Crippen molar-refractivity contribution in [1.29, 1.82) is 0 Å². The number of benzene rings is 1. The summed E-state index contributed by atoms with van der Waals surface area (Å²) in [6.45, 7) is 3.19. The van der Waals surface area contributed by atoms with Gasteiger partial charge in [0.25, 0.3) is 0 Å². The van der Waals surface area contributed by atoms with Gasteiger partial charge in [-0.3, -0.25) is 4.79 Å². The van der Waals surface area contributed by atoms with Crippen LogP contribution in [0.3, 0.4) is 0 Å². The van der Waals surface area contributed by atoms with Crippen molar-refractivity contribution in [3.63, 3.8) is 0 Å². The number of nitrogens with one attached hydrogen (secondary N) is 1. The first-order chi connectivity index (χ1) is 11.7. The summed E-state index contributed by atoms with van der Waals surface area (Å²) in [5, 5.41) is 7.79. The van der Waals surface area contributed by atoms with Crippen molar-refractivity contribution in [2.75, 3.05) is 6.61 Å². The van der Waals surface area contributed by atoms with Gasteiger partial charge in [0.05, 0.1) is 25.3 Å². The Balaban J connectivity index is 1.57. The van der Waals surface area contributed by atoms with Gasteiger partial charge in [-0.15, -0.1) is 22.7 Å². The van der Waals surface area contributed by atoms with Crippen molar-refractivity contribution in [2.24, 2.45) is 0 Å². The summed E-state index contributed by atoms with van der Waals surface area (Å²) in [5.41, 5.74) is 1.83. The summed E-state index contributed by atoms with van der Waals surface area (Å²) in [6, 6.07) is 11.9. The van der Waals surface area contributed by atoms with E-state index in [1.165, 1.54) is 0 Å². The summed E-state index contributed by atoms with van der Waals surface area (Å²) < 4.78 is 5.44. The van der Waals surface area contributed by atoms with Crippen molar-refractivity contribution >= 4 is 28.6 Å². The predicted molar refractivity (Wildman–Crippen MR) is 98.6 cm³/mol. The van der Waals surface area contributed by atoms with E-state index in [-0.39, 0.29) is 5.91 Å². The molecular weight excluding hydrogens is 340 g/mol. The summed E-state index contributed by atoms with van der Waals surface area (Å²) in [7, 11) is 0. The Labute approximate surface area is 149 Å². The van der Waals surface area contributed by atoms with Gasteiger partial charge in [-0.25, -0.2) is 4.98 Å². The first-order valence-corrected chi connectivity index (χ1v) is 9.47. The first kappa shape index (κ1) is 16.7. The minimum atomic E-state index is -0.00746. The second-order valence-corrected chi connectivity index (χ2v) is 7.02. The number of hydrogen-bond donors (Lipinski definition) is 1. The van der Waals surface area contributed by atoms with Crippen LogP contribution in [0.5, 0.6) is 5.75 Å². The smallest absolute Gasteiger partial charge is 0.226 e. The maximum absolute atomic E-state index is 12.0. The van der Waals surface area contributed by atoms with Crippen molar-refractivity contribution in [1.82, 2.24) is 10.3 Å². The van der Waals surface area contributed by atoms with E-state index in [1.807, 2.05) is 54.1 Å². The number of rotatable bonds is 7. The standard InChI is InChI=1S/C18H18N2O2S2/c1-2-22-15-7-5-13(6-8-15)18-20-14(12-24-18)10-17(21)19-11-16-4-3-9-23-16/h3-9,12H,2,10-11H2,1H3,(H,19,21). The second-order valence-electron chi connectivity index (χ2n) is 5.13. The normalized spacial score (nSPS) is 10.5. The molecular formula is C18H18N2O2S2. The summed E-state index contributed by atoms with van der Waals surface area (Å²) in [4.78, 5) is 17.7. The zero-order chi connectivity index (χ0) is 16.8. The molecule has 0 saturated carbocycles. The lowest BCUT2D eigenvalue weighted by atomic mass is 10.2. The first-order valence-electron chi connectivity index (χ1n) is 7.71. The van der Waals surface area contributed by atoms with Crippen LogP contribution < -0.4 is 10.1 Å². The van der Waals surface area contributed by atoms with Gasteiger partial charge < -0.3 is 10.1 Å². The van der Waals surface area contributed by atoms with Gasteiger partial charge in [0.15, 0.2) is 0 Å². The lowest BCUT2D eigenvalue weighted by molar-refractivity contribution is -0.120. The molecule has 1 aromatic carbocycles. The molecule has 2 heterocycles. The molecule has 3 rings (SSSR count). The molecule has 0 aliphatic heterocycles. The SMILES string of the molecule is CCOc1ccc(-c2nc(CC(=O)NCc3cccs3)cs2)cc1. The lowest BCUT2D eigenvalue weighted by Crippen LogP contribution is -2.24. The Bertz CT molecular complexity index is 780. The average molecular weight is 358 g/mol. The summed E-state index contributed by atoms with van der Waals surface area (Å²) in [6.07, 6.45) is 0.304. The molecule has 1 amide bonds. The molecule has 0 fully saturated rings. The summed E-state index contributed by atoms with van der Waals surface area (Å²) >= 11 is 3.19. The quantitative estimate of drug-likeness (QED) is 0.691. The van der Waals surface area contributed by atoms with Crippen LogP contribution in [0.4, 0.5) is 0 Å². The van der Waals surface area contributed by atoms with Crippen molar-refractivity contribution < 1.29 is 9.53 Å². The maximum atomic E-state index is 12.0. The molecule has 0 aliphatic carbocycles. The third-order valence-corrected chi connectivity index (χ3v) is 5.16. The van der Waals surface area contributed by atoms with Gasteiger partial charge in [-0.05, 0) is 42.6 Å². The van der Waals surface area contributed by atoms with Gasteiger partial charge in [0, 0.05) is 15.8 Å². The van der Waals surface area contributed by atoms with E-state index in [0.717, 1.165) is 26.9 Å². The topological polar surface area (TPSA) is 51.2 Å². The number of aromatic nitrogens is 1. The van der Waals surface area contributed by atoms with E-state index in [2.05, 4.69) is 10.3 Å². The molecule has 1 N–H and O–H groups in total. The Morgan fingerprint density at radius 1 is 1.21 bits per heavy atom. The van der Waals surface area contributed by atoms with Crippen LogP contribution in [0.2, 0.25) is 0 Å². The van der Waals surface area contributed by atoms with Crippen molar-refractivity contribution in [3.05, 3.63) is 57.7 Å². The van der Waals surface area contributed by atoms with Gasteiger partial charge >= 0.3 is 0 Å². The van der Waals surface area contributed by atoms with Crippen molar-refractivity contribution in [2.45, 2.75) is 19.9 Å². The number of hydrogen-bond acceptors (Lipinski definition) is 5. The van der Waals surface area contributed by atoms with Crippen LogP contribution in [0, 0.1) is 0 Å². The number of thiazole rings is 1. The zero-order valence-corrected chi connectivity index (χ0v) is 15.0. The number of ether oxygens (including phenoxy) is 1. The highest BCUT2D eigenvalue weighted by Gasteiger charge is 2.09. The van der Waals surface area contributed by atoms with Gasteiger partial charge in [-0.2, -0.15) is 0 Å². The fourth-order valence-electron chi connectivity index (χ4n) is 2.21. The molecule has 0 saturated heterocycles. The fraction of sp³-hybridized carbons (Fsp3) is 0.222. The van der Waals surface area contributed by atoms with Gasteiger partial charge in [0.2, 0.25) is 5.91 Å². The molecule has 3 aromatic rings. The third kappa shape index (κ3) is 4.43. The number of nitrogens with zero attached hydrogens (tertiary/aromatic N) is 1. The fourth-order valence-corrected chi connectivity index (χ4v) is 3.68. The molecule has 2 aromatic heterocycles. The number of carbonyl (C=O) groups excluding carboxylic acids is 1. The minimum Gasteiger partial charge on any atom is -0.494 e. The monoisotopic (exact) mass is 358 g/mol. The van der Waals surface area contributed by atoms with E-state index in [0.29, 0.717) is 19.6 Å². The minimum absolute atomic E-state index is 0.00746. The van der Waals surface area contributed by atoms with Crippen LogP contribution in [0.1, 0.15) is 17.5 Å². The van der Waals surface area contributed by atoms with Crippen LogP contribution in [-0.2, 0) is 17.8 Å². The predicted octanol–water partition coefficient (Wildman–Crippen LogP) is 4.13. The van der Waals surface area contributed by atoms with E-state index < -0.39 is 0 Å². The van der Waals surface area contributed by atoms with Crippen LogP contribution in [0.25, 0.3) is 10.6 Å². The van der Waals surface area contributed by atoms with Crippen LogP contribution in [-0.4, -0.2) is 17.5 Å². The highest BCUT2D eigenvalue weighted by atomic mass is 32.1. The highest BCUT2D eigenvalue weighted by Crippen LogP contribution is 2.26.